The van der Waals surface area contributed by atoms with E-state index in [1.54, 1.807) is 0 Å². The fourth-order valence-electron chi connectivity index (χ4n) is 2.63. The molecule has 1 fully saturated rings. The number of anilines is 1. The molecule has 0 radical (unpaired) electrons. The molecule has 1 aliphatic heterocycles. The number of aromatic nitrogens is 1. The minimum absolute atomic E-state index is 0.561. The van der Waals surface area contributed by atoms with Gasteiger partial charge in [0.1, 0.15) is 5.82 Å². The van der Waals surface area contributed by atoms with Gasteiger partial charge in [-0.05, 0) is 43.7 Å². The Morgan fingerprint density at radius 1 is 1.19 bits per heavy atom. The van der Waals surface area contributed by atoms with E-state index in [1.165, 1.54) is 49.3 Å². The van der Waals surface area contributed by atoms with Gasteiger partial charge >= 0.3 is 0 Å². The number of piperidine rings is 1. The number of nitrogens with zero attached hydrogens (tertiary/aromatic N) is 2. The molecule has 0 saturated carbocycles. The first-order valence-electron chi connectivity index (χ1n) is 6.40. The highest BCUT2D eigenvalue weighted by molar-refractivity contribution is 5.52. The predicted octanol–water partition coefficient (Wildman–Crippen LogP) is 3.50. The van der Waals surface area contributed by atoms with E-state index in [1.807, 2.05) is 6.20 Å². The predicted molar refractivity (Wildman–Crippen MR) is 69.1 cm³/mol. The van der Waals surface area contributed by atoms with Crippen molar-refractivity contribution in [3.8, 4) is 0 Å². The third-order valence-electron chi connectivity index (χ3n) is 3.42. The van der Waals surface area contributed by atoms with E-state index in [0.717, 1.165) is 0 Å². The monoisotopic (exact) mass is 218 g/mol. The molecule has 0 unspecified atom stereocenters. The molecular formula is C14H22N2. The number of hydrogen-bond donors (Lipinski definition) is 0. The van der Waals surface area contributed by atoms with Gasteiger partial charge in [-0.15, -0.1) is 0 Å². The van der Waals surface area contributed by atoms with Crippen molar-refractivity contribution in [1.29, 1.82) is 0 Å². The van der Waals surface area contributed by atoms with Crippen LogP contribution in [0.1, 0.15) is 50.2 Å². The van der Waals surface area contributed by atoms with Crippen molar-refractivity contribution in [2.45, 2.75) is 46.0 Å². The molecule has 2 heteroatoms. The number of aryl methyl sites for hydroxylation is 1. The molecule has 0 aliphatic carbocycles. The van der Waals surface area contributed by atoms with Crippen LogP contribution in [-0.4, -0.2) is 18.1 Å². The third kappa shape index (κ3) is 2.21. The van der Waals surface area contributed by atoms with Gasteiger partial charge in [-0.25, -0.2) is 4.98 Å². The van der Waals surface area contributed by atoms with E-state index in [9.17, 15) is 0 Å². The van der Waals surface area contributed by atoms with Crippen LogP contribution in [0.5, 0.6) is 0 Å². The molecule has 0 spiro atoms. The first kappa shape index (κ1) is 11.4. The van der Waals surface area contributed by atoms with E-state index in [0.29, 0.717) is 5.92 Å². The Bertz CT molecular complexity index is 352. The maximum absolute atomic E-state index is 4.61. The zero-order valence-electron chi connectivity index (χ0n) is 10.7. The summed E-state index contributed by atoms with van der Waals surface area (Å²) in [5, 5.41) is 0. The molecule has 2 nitrogen and oxygen atoms in total. The molecule has 88 valence electrons. The highest BCUT2D eigenvalue weighted by Gasteiger charge is 2.18. The third-order valence-corrected chi connectivity index (χ3v) is 3.42. The Morgan fingerprint density at radius 3 is 2.50 bits per heavy atom. The molecular weight excluding hydrogens is 196 g/mol. The second-order valence-electron chi connectivity index (χ2n) is 5.07. The summed E-state index contributed by atoms with van der Waals surface area (Å²) in [5.41, 5.74) is 2.81. The van der Waals surface area contributed by atoms with Gasteiger partial charge in [-0.3, -0.25) is 0 Å². The number of hydrogen-bond acceptors (Lipinski definition) is 2. The Morgan fingerprint density at radius 2 is 1.88 bits per heavy atom. The molecule has 2 heterocycles. The SMILES string of the molecule is Cc1ccnc(N2CCCCC2)c1C(C)C. The van der Waals surface area contributed by atoms with Crippen molar-refractivity contribution in [3.05, 3.63) is 23.4 Å². The molecule has 0 N–H and O–H groups in total. The van der Waals surface area contributed by atoms with Crippen molar-refractivity contribution >= 4 is 5.82 Å². The van der Waals surface area contributed by atoms with Crippen LogP contribution in [0.25, 0.3) is 0 Å². The summed E-state index contributed by atoms with van der Waals surface area (Å²) in [5.74, 6) is 1.79. The molecule has 0 bridgehead atoms. The minimum atomic E-state index is 0.561. The van der Waals surface area contributed by atoms with Crippen LogP contribution in [0.3, 0.4) is 0 Å². The zero-order chi connectivity index (χ0) is 11.5. The van der Waals surface area contributed by atoms with E-state index >= 15 is 0 Å². The summed E-state index contributed by atoms with van der Waals surface area (Å²) in [7, 11) is 0. The average molecular weight is 218 g/mol. The highest BCUT2D eigenvalue weighted by atomic mass is 15.2. The lowest BCUT2D eigenvalue weighted by Gasteiger charge is -2.30. The summed E-state index contributed by atoms with van der Waals surface area (Å²) < 4.78 is 0. The second kappa shape index (κ2) is 4.86. The number of rotatable bonds is 2. The quantitative estimate of drug-likeness (QED) is 0.755. The van der Waals surface area contributed by atoms with Crippen molar-refractivity contribution in [3.63, 3.8) is 0 Å². The van der Waals surface area contributed by atoms with Crippen molar-refractivity contribution in [2.24, 2.45) is 0 Å². The van der Waals surface area contributed by atoms with Crippen LogP contribution in [0.15, 0.2) is 12.3 Å². The van der Waals surface area contributed by atoms with E-state index in [4.69, 9.17) is 0 Å². The van der Waals surface area contributed by atoms with Gasteiger partial charge in [0.25, 0.3) is 0 Å². The molecule has 16 heavy (non-hydrogen) atoms. The van der Waals surface area contributed by atoms with Gasteiger partial charge in [-0.1, -0.05) is 13.8 Å². The topological polar surface area (TPSA) is 16.1 Å². The van der Waals surface area contributed by atoms with E-state index < -0.39 is 0 Å². The fourth-order valence-corrected chi connectivity index (χ4v) is 2.63. The zero-order valence-corrected chi connectivity index (χ0v) is 10.7. The van der Waals surface area contributed by atoms with Crippen molar-refractivity contribution in [1.82, 2.24) is 4.98 Å². The minimum Gasteiger partial charge on any atom is -0.356 e. The molecule has 0 aromatic carbocycles. The lowest BCUT2D eigenvalue weighted by Crippen LogP contribution is -2.31. The molecule has 2 rings (SSSR count). The lowest BCUT2D eigenvalue weighted by atomic mass is 9.98. The summed E-state index contributed by atoms with van der Waals surface area (Å²) >= 11 is 0. The Labute approximate surface area is 98.7 Å². The molecule has 1 aromatic rings. The van der Waals surface area contributed by atoms with Crippen LogP contribution < -0.4 is 4.90 Å². The maximum atomic E-state index is 4.61. The molecule has 1 aromatic heterocycles. The highest BCUT2D eigenvalue weighted by Crippen LogP contribution is 2.29. The Balaban J connectivity index is 2.34. The summed E-state index contributed by atoms with van der Waals surface area (Å²) in [4.78, 5) is 7.07. The van der Waals surface area contributed by atoms with E-state index in [2.05, 4.69) is 36.7 Å². The normalized spacial score (nSPS) is 16.9. The summed E-state index contributed by atoms with van der Waals surface area (Å²) in [6, 6.07) is 2.13. The van der Waals surface area contributed by atoms with Crippen LogP contribution >= 0.6 is 0 Å². The average Bonchev–Trinajstić information content (AvgIpc) is 2.29. The Hall–Kier alpha value is -1.05. The van der Waals surface area contributed by atoms with Gasteiger partial charge in [0.05, 0.1) is 0 Å². The van der Waals surface area contributed by atoms with Crippen molar-refractivity contribution in [2.75, 3.05) is 18.0 Å². The molecule has 0 atom stereocenters. The van der Waals surface area contributed by atoms with Gasteiger partial charge < -0.3 is 4.90 Å². The van der Waals surface area contributed by atoms with Gasteiger partial charge in [0.2, 0.25) is 0 Å². The Kier molecular flexibility index (Phi) is 3.47. The maximum Gasteiger partial charge on any atom is 0.132 e. The second-order valence-corrected chi connectivity index (χ2v) is 5.07. The van der Waals surface area contributed by atoms with Crippen LogP contribution in [0, 0.1) is 6.92 Å². The summed E-state index contributed by atoms with van der Waals surface area (Å²) in [6.45, 7) is 9.08. The number of pyridine rings is 1. The fraction of sp³-hybridized carbons (Fsp3) is 0.643. The van der Waals surface area contributed by atoms with Crippen molar-refractivity contribution < 1.29 is 0 Å². The van der Waals surface area contributed by atoms with Crippen LogP contribution in [0.2, 0.25) is 0 Å². The first-order valence-corrected chi connectivity index (χ1v) is 6.40. The molecule has 1 saturated heterocycles. The molecule has 0 amide bonds. The van der Waals surface area contributed by atoms with Gasteiger partial charge in [-0.2, -0.15) is 0 Å². The first-order chi connectivity index (χ1) is 7.70. The van der Waals surface area contributed by atoms with Gasteiger partial charge in [0.15, 0.2) is 0 Å². The molecule has 1 aliphatic rings. The standard InChI is InChI=1S/C14H22N2/c1-11(2)13-12(3)7-8-15-14(13)16-9-5-4-6-10-16/h7-8,11H,4-6,9-10H2,1-3H3. The largest absolute Gasteiger partial charge is 0.356 e. The smallest absolute Gasteiger partial charge is 0.132 e. The van der Waals surface area contributed by atoms with Crippen LogP contribution in [0.4, 0.5) is 5.82 Å². The summed E-state index contributed by atoms with van der Waals surface area (Å²) in [6.07, 6.45) is 5.95. The van der Waals surface area contributed by atoms with Gasteiger partial charge in [0, 0.05) is 24.8 Å². The van der Waals surface area contributed by atoms with Crippen LogP contribution in [-0.2, 0) is 0 Å². The lowest BCUT2D eigenvalue weighted by molar-refractivity contribution is 0.570. The van der Waals surface area contributed by atoms with E-state index in [-0.39, 0.29) is 0 Å².